The van der Waals surface area contributed by atoms with Crippen molar-refractivity contribution in [3.8, 4) is 11.4 Å². The Kier molecular flexibility index (Phi) is 6.65. The Bertz CT molecular complexity index is 939. The molecular weight excluding hydrogens is 396 g/mol. The Hall–Kier alpha value is -2.03. The summed E-state index contributed by atoms with van der Waals surface area (Å²) in [5.74, 6) is 1.17. The van der Waals surface area contributed by atoms with Crippen LogP contribution in [0.2, 0.25) is 0 Å². The molecule has 8 heteroatoms. The Balaban J connectivity index is 1.40. The number of piperazine rings is 1. The predicted molar refractivity (Wildman–Crippen MR) is 119 cm³/mol. The fraction of sp³-hybridized carbons (Fsp3) is 0.591. The third-order valence-electron chi connectivity index (χ3n) is 6.04. The molecule has 0 atom stereocenters. The second-order valence-electron chi connectivity index (χ2n) is 8.80. The molecular formula is C22H34N6OS+2. The normalized spacial score (nSPS) is 21.5. The molecule has 1 saturated heterocycles. The molecule has 2 aliphatic rings. The van der Waals surface area contributed by atoms with Crippen molar-refractivity contribution >= 4 is 18.1 Å². The molecule has 1 aromatic carbocycles. The SMILES string of the molecule is CCCn1c(-c2cccc(C)c2)nn(C[NH+]2CC[NH+](CC(=O)NC3CC3)CC2)c1=S. The summed E-state index contributed by atoms with van der Waals surface area (Å²) in [6, 6.07) is 8.93. The number of amides is 1. The van der Waals surface area contributed by atoms with Gasteiger partial charge in [-0.05, 0) is 44.5 Å². The molecule has 0 bridgehead atoms. The van der Waals surface area contributed by atoms with E-state index in [4.69, 9.17) is 17.3 Å². The van der Waals surface area contributed by atoms with Gasteiger partial charge in [0.2, 0.25) is 4.77 Å². The van der Waals surface area contributed by atoms with Gasteiger partial charge in [-0.3, -0.25) is 9.36 Å². The molecule has 30 heavy (non-hydrogen) atoms. The van der Waals surface area contributed by atoms with Gasteiger partial charge in [0.15, 0.2) is 19.0 Å². The van der Waals surface area contributed by atoms with E-state index in [9.17, 15) is 4.79 Å². The maximum Gasteiger partial charge on any atom is 0.275 e. The third-order valence-corrected chi connectivity index (χ3v) is 6.47. The number of carbonyl (C=O) groups is 1. The largest absolute Gasteiger partial charge is 0.348 e. The van der Waals surface area contributed by atoms with Crippen LogP contribution < -0.4 is 15.1 Å². The molecule has 1 aliphatic heterocycles. The van der Waals surface area contributed by atoms with E-state index in [1.807, 2.05) is 4.68 Å². The van der Waals surface area contributed by atoms with Crippen LogP contribution in [0, 0.1) is 11.7 Å². The number of rotatable bonds is 8. The lowest BCUT2D eigenvalue weighted by molar-refractivity contribution is -1.02. The average Bonchev–Trinajstić information content (AvgIpc) is 3.49. The number of aromatic nitrogens is 3. The number of quaternary nitrogens is 2. The molecule has 2 heterocycles. The monoisotopic (exact) mass is 430 g/mol. The Morgan fingerprint density at radius 3 is 2.63 bits per heavy atom. The summed E-state index contributed by atoms with van der Waals surface area (Å²) in [7, 11) is 0. The average molecular weight is 431 g/mol. The van der Waals surface area contributed by atoms with Crippen molar-refractivity contribution < 1.29 is 14.6 Å². The molecule has 2 aromatic rings. The quantitative estimate of drug-likeness (QED) is 0.509. The molecule has 162 valence electrons. The standard InChI is InChI=1S/C22H32N6OS/c1-3-9-27-21(18-6-4-5-17(2)14-18)24-28(22(27)30)16-26-12-10-25(11-13-26)15-20(29)23-19-7-8-19/h4-6,14,19H,3,7-13,15-16H2,1-2H3,(H,23,29)/p+2. The van der Waals surface area contributed by atoms with Crippen molar-refractivity contribution in [1.82, 2.24) is 19.7 Å². The molecule has 0 unspecified atom stereocenters. The Morgan fingerprint density at radius 1 is 1.23 bits per heavy atom. The first-order valence-electron chi connectivity index (χ1n) is 11.2. The summed E-state index contributed by atoms with van der Waals surface area (Å²) in [6.07, 6.45) is 3.32. The van der Waals surface area contributed by atoms with Crippen LogP contribution in [0.15, 0.2) is 24.3 Å². The molecule has 0 radical (unpaired) electrons. The van der Waals surface area contributed by atoms with Gasteiger partial charge in [-0.1, -0.05) is 30.7 Å². The zero-order valence-electron chi connectivity index (χ0n) is 18.1. The third kappa shape index (κ3) is 5.17. The van der Waals surface area contributed by atoms with Crippen LogP contribution in [0.25, 0.3) is 11.4 Å². The van der Waals surface area contributed by atoms with Gasteiger partial charge >= 0.3 is 0 Å². The van der Waals surface area contributed by atoms with Gasteiger partial charge in [0.1, 0.15) is 26.2 Å². The summed E-state index contributed by atoms with van der Waals surface area (Å²) in [4.78, 5) is 14.9. The van der Waals surface area contributed by atoms with E-state index < -0.39 is 0 Å². The van der Waals surface area contributed by atoms with Gasteiger partial charge < -0.3 is 15.1 Å². The van der Waals surface area contributed by atoms with Gasteiger partial charge in [0.25, 0.3) is 5.91 Å². The number of carbonyl (C=O) groups excluding carboxylic acids is 1. The topological polar surface area (TPSA) is 60.7 Å². The highest BCUT2D eigenvalue weighted by Crippen LogP contribution is 2.20. The van der Waals surface area contributed by atoms with Gasteiger partial charge in [-0.2, -0.15) is 4.68 Å². The first kappa shape index (κ1) is 21.2. The highest BCUT2D eigenvalue weighted by molar-refractivity contribution is 7.71. The van der Waals surface area contributed by atoms with E-state index in [-0.39, 0.29) is 5.91 Å². The van der Waals surface area contributed by atoms with Crippen LogP contribution in [0.1, 0.15) is 31.7 Å². The van der Waals surface area contributed by atoms with E-state index in [0.717, 1.165) is 74.8 Å². The first-order valence-corrected chi connectivity index (χ1v) is 11.7. The molecule has 7 nitrogen and oxygen atoms in total. The lowest BCUT2D eigenvalue weighted by Gasteiger charge is -2.29. The fourth-order valence-electron chi connectivity index (χ4n) is 4.20. The van der Waals surface area contributed by atoms with Crippen LogP contribution in [-0.4, -0.2) is 59.0 Å². The summed E-state index contributed by atoms with van der Waals surface area (Å²) in [5, 5.41) is 8.03. The van der Waals surface area contributed by atoms with Crippen LogP contribution >= 0.6 is 12.2 Å². The molecule has 2 fully saturated rings. The maximum atomic E-state index is 12.1. The first-order chi connectivity index (χ1) is 14.5. The van der Waals surface area contributed by atoms with Crippen LogP contribution in [-0.2, 0) is 18.0 Å². The van der Waals surface area contributed by atoms with Crippen molar-refractivity contribution in [1.29, 1.82) is 0 Å². The summed E-state index contributed by atoms with van der Waals surface area (Å²) in [6.45, 7) is 10.7. The second-order valence-corrected chi connectivity index (χ2v) is 9.17. The molecule has 3 N–H and O–H groups in total. The summed E-state index contributed by atoms with van der Waals surface area (Å²) in [5.41, 5.74) is 2.35. The molecule has 1 saturated carbocycles. The van der Waals surface area contributed by atoms with E-state index in [1.54, 1.807) is 0 Å². The van der Waals surface area contributed by atoms with E-state index >= 15 is 0 Å². The molecule has 1 aliphatic carbocycles. The van der Waals surface area contributed by atoms with Gasteiger partial charge in [0, 0.05) is 18.2 Å². The van der Waals surface area contributed by atoms with Crippen LogP contribution in [0.3, 0.4) is 0 Å². The minimum absolute atomic E-state index is 0.208. The van der Waals surface area contributed by atoms with Crippen molar-refractivity contribution in [2.75, 3.05) is 32.7 Å². The maximum absolute atomic E-state index is 12.1. The Labute approximate surface area is 183 Å². The zero-order chi connectivity index (χ0) is 21.1. The predicted octanol–water partition coefficient (Wildman–Crippen LogP) is -0.181. The number of aryl methyl sites for hydroxylation is 1. The summed E-state index contributed by atoms with van der Waals surface area (Å²) >= 11 is 5.80. The van der Waals surface area contributed by atoms with Crippen molar-refractivity contribution in [2.45, 2.75) is 52.4 Å². The summed E-state index contributed by atoms with van der Waals surface area (Å²) < 4.78 is 4.98. The molecule has 4 rings (SSSR count). The van der Waals surface area contributed by atoms with Gasteiger partial charge in [-0.25, -0.2) is 0 Å². The highest BCUT2D eigenvalue weighted by atomic mass is 32.1. The molecule has 1 aromatic heterocycles. The number of hydrogen-bond acceptors (Lipinski definition) is 3. The highest BCUT2D eigenvalue weighted by Gasteiger charge is 2.28. The van der Waals surface area contributed by atoms with Crippen molar-refractivity contribution in [2.24, 2.45) is 0 Å². The molecule has 0 spiro atoms. The van der Waals surface area contributed by atoms with E-state index in [1.165, 1.54) is 15.4 Å². The number of nitrogens with zero attached hydrogens (tertiary/aromatic N) is 3. The Morgan fingerprint density at radius 2 is 1.97 bits per heavy atom. The smallest absolute Gasteiger partial charge is 0.275 e. The minimum atomic E-state index is 0.208. The second kappa shape index (κ2) is 9.41. The lowest BCUT2D eigenvalue weighted by atomic mass is 10.1. The van der Waals surface area contributed by atoms with Gasteiger partial charge in [-0.15, -0.1) is 5.10 Å². The van der Waals surface area contributed by atoms with Crippen LogP contribution in [0.5, 0.6) is 0 Å². The molecule has 1 amide bonds. The van der Waals surface area contributed by atoms with Crippen molar-refractivity contribution in [3.05, 3.63) is 34.6 Å². The fourth-order valence-corrected chi connectivity index (χ4v) is 4.49. The van der Waals surface area contributed by atoms with E-state index in [2.05, 4.69) is 48.0 Å². The lowest BCUT2D eigenvalue weighted by Crippen LogP contribution is -3.28. The number of nitrogens with one attached hydrogen (secondary N) is 3. The van der Waals surface area contributed by atoms with Gasteiger partial charge in [0.05, 0.1) is 0 Å². The van der Waals surface area contributed by atoms with Crippen LogP contribution in [0.4, 0.5) is 0 Å². The zero-order valence-corrected chi connectivity index (χ0v) is 18.9. The minimum Gasteiger partial charge on any atom is -0.348 e. The van der Waals surface area contributed by atoms with E-state index in [0.29, 0.717) is 12.6 Å². The number of hydrogen-bond donors (Lipinski definition) is 3. The number of benzene rings is 1. The van der Waals surface area contributed by atoms with Crippen molar-refractivity contribution in [3.63, 3.8) is 0 Å².